The van der Waals surface area contributed by atoms with Gasteiger partial charge in [-0.1, -0.05) is 130 Å². The first-order valence-electron chi connectivity index (χ1n) is 18.7. The van der Waals surface area contributed by atoms with Gasteiger partial charge in [-0.15, -0.1) is 45.3 Å². The Bertz CT molecular complexity index is 1410. The highest BCUT2D eigenvalue weighted by Crippen LogP contribution is 2.50. The summed E-state index contributed by atoms with van der Waals surface area (Å²) in [5.74, 6) is 1.67. The van der Waals surface area contributed by atoms with E-state index in [0.29, 0.717) is 0 Å². The van der Waals surface area contributed by atoms with Crippen LogP contribution in [0.4, 0.5) is 0 Å². The molecule has 4 heteroatoms. The van der Waals surface area contributed by atoms with Crippen molar-refractivity contribution in [3.05, 3.63) is 56.9 Å². The molecule has 2 unspecified atom stereocenters. The van der Waals surface area contributed by atoms with Gasteiger partial charge in [0.2, 0.25) is 0 Å². The highest BCUT2D eigenvalue weighted by Gasteiger charge is 2.22. The molecular formula is C42H58S4. The summed E-state index contributed by atoms with van der Waals surface area (Å²) in [6.45, 7) is 9.33. The Kier molecular flexibility index (Phi) is 14.7. The summed E-state index contributed by atoms with van der Waals surface area (Å²) in [5.41, 5.74) is 2.97. The summed E-state index contributed by atoms with van der Waals surface area (Å²) in [6.07, 6.45) is 24.5. The van der Waals surface area contributed by atoms with E-state index in [0.717, 1.165) is 11.8 Å². The lowest BCUT2D eigenvalue weighted by atomic mass is 9.92. The molecule has 0 saturated carbocycles. The molecule has 4 aromatic heterocycles. The molecule has 0 nitrogen and oxygen atoms in total. The van der Waals surface area contributed by atoms with Gasteiger partial charge in [0.05, 0.1) is 0 Å². The fourth-order valence-corrected chi connectivity index (χ4v) is 11.8. The maximum absolute atomic E-state index is 2.46. The number of hydrogen-bond donors (Lipinski definition) is 0. The van der Waals surface area contributed by atoms with Crippen molar-refractivity contribution in [2.75, 3.05) is 0 Å². The molecule has 0 bridgehead atoms. The van der Waals surface area contributed by atoms with Crippen LogP contribution in [-0.2, 0) is 12.8 Å². The van der Waals surface area contributed by atoms with Crippen LogP contribution in [0.25, 0.3) is 41.1 Å². The minimum atomic E-state index is 0.833. The normalized spacial score (nSPS) is 13.3. The van der Waals surface area contributed by atoms with Crippen LogP contribution in [0.5, 0.6) is 0 Å². The highest BCUT2D eigenvalue weighted by atomic mass is 32.1. The number of thiophene rings is 4. The van der Waals surface area contributed by atoms with Crippen molar-refractivity contribution in [3.63, 3.8) is 0 Å². The van der Waals surface area contributed by atoms with E-state index in [9.17, 15) is 0 Å². The molecule has 0 aliphatic rings. The van der Waals surface area contributed by atoms with Gasteiger partial charge in [-0.05, 0) is 71.8 Å². The zero-order valence-corrected chi connectivity index (χ0v) is 32.4. The van der Waals surface area contributed by atoms with Gasteiger partial charge in [-0.25, -0.2) is 0 Å². The number of fused-ring (bicyclic) bond motifs is 2. The first-order chi connectivity index (χ1) is 22.7. The molecule has 5 aromatic rings. The Labute approximate surface area is 296 Å². The van der Waals surface area contributed by atoms with Gasteiger partial charge in [-0.3, -0.25) is 0 Å². The Hall–Kier alpha value is -1.46. The fourth-order valence-electron chi connectivity index (χ4n) is 7.35. The van der Waals surface area contributed by atoms with Crippen molar-refractivity contribution < 1.29 is 0 Å². The Morgan fingerprint density at radius 3 is 1.28 bits per heavy atom. The van der Waals surface area contributed by atoms with Crippen LogP contribution in [0.1, 0.15) is 140 Å². The SMILES string of the molecule is CCCCCCC(CCCC)Cc1ccc(-c2c3ccsc3c(-c3ccc(CC(CCCC)CCCCCC)s3)c3ccsc23)s1. The maximum atomic E-state index is 2.46. The zero-order chi connectivity index (χ0) is 32.1. The molecule has 4 heterocycles. The smallest absolute Gasteiger partial charge is 0.0442 e. The largest absolute Gasteiger partial charge is 0.143 e. The summed E-state index contributed by atoms with van der Waals surface area (Å²) in [6, 6.07) is 14.6. The second-order valence-corrected chi connectivity index (χ2v) is 17.9. The number of unbranched alkanes of at least 4 members (excludes halogenated alkanes) is 8. The first-order valence-corrected chi connectivity index (χ1v) is 22.1. The van der Waals surface area contributed by atoms with Gasteiger partial charge in [0, 0.05) is 50.8 Å². The lowest BCUT2D eigenvalue weighted by molar-refractivity contribution is 0.412. The molecule has 0 radical (unpaired) electrons. The molecule has 0 saturated heterocycles. The molecule has 0 N–H and O–H groups in total. The topological polar surface area (TPSA) is 0 Å². The van der Waals surface area contributed by atoms with Crippen molar-refractivity contribution in [2.24, 2.45) is 11.8 Å². The number of hydrogen-bond acceptors (Lipinski definition) is 4. The predicted octanol–water partition coefficient (Wildman–Crippen LogP) is 16.2. The van der Waals surface area contributed by atoms with Gasteiger partial charge in [-0.2, -0.15) is 0 Å². The maximum Gasteiger partial charge on any atom is 0.0442 e. The quantitative estimate of drug-likeness (QED) is 0.0634. The van der Waals surface area contributed by atoms with E-state index in [1.54, 1.807) is 9.75 Å². The third-order valence-corrected chi connectivity index (χ3v) is 14.1. The van der Waals surface area contributed by atoms with Crippen LogP contribution in [0.15, 0.2) is 47.2 Å². The molecule has 5 rings (SSSR count). The van der Waals surface area contributed by atoms with Crippen LogP contribution < -0.4 is 0 Å². The van der Waals surface area contributed by atoms with Gasteiger partial charge in [0.25, 0.3) is 0 Å². The average molecular weight is 691 g/mol. The van der Waals surface area contributed by atoms with Crippen LogP contribution >= 0.6 is 45.3 Å². The number of benzene rings is 1. The third-order valence-electron chi connectivity index (χ3n) is 9.98. The molecule has 250 valence electrons. The average Bonchev–Trinajstić information content (AvgIpc) is 3.89. The predicted molar refractivity (Wildman–Crippen MR) is 215 cm³/mol. The van der Waals surface area contributed by atoms with Crippen molar-refractivity contribution >= 4 is 65.5 Å². The second kappa shape index (κ2) is 18.9. The van der Waals surface area contributed by atoms with Gasteiger partial charge < -0.3 is 0 Å². The molecule has 46 heavy (non-hydrogen) atoms. The molecule has 0 aliphatic carbocycles. The van der Waals surface area contributed by atoms with E-state index < -0.39 is 0 Å². The molecule has 2 atom stereocenters. The van der Waals surface area contributed by atoms with Crippen molar-refractivity contribution in [1.29, 1.82) is 0 Å². The summed E-state index contributed by atoms with van der Waals surface area (Å²) in [5, 5.41) is 7.57. The van der Waals surface area contributed by atoms with Crippen molar-refractivity contribution in [3.8, 4) is 20.9 Å². The molecule has 0 spiro atoms. The summed E-state index contributed by atoms with van der Waals surface area (Å²) >= 11 is 8.02. The molecule has 1 aromatic carbocycles. The Morgan fingerprint density at radius 2 is 0.870 bits per heavy atom. The second-order valence-electron chi connectivity index (χ2n) is 13.7. The van der Waals surface area contributed by atoms with Gasteiger partial charge >= 0.3 is 0 Å². The fraction of sp³-hybridized carbons (Fsp3) is 0.571. The standard InChI is InChI=1S/C42H58S4/c1-5-9-13-15-19-31(17-11-7-3)29-33-21-23-37(45-33)39-35-25-27-44-42(35)40(36-26-28-43-41(36)39)38-24-22-34(46-38)30-32(18-12-8-4)20-16-14-10-6-2/h21-28,31-32H,5-20,29-30H2,1-4H3. The van der Waals surface area contributed by atoms with Gasteiger partial charge in [0.15, 0.2) is 0 Å². The van der Waals surface area contributed by atoms with Crippen LogP contribution in [0.3, 0.4) is 0 Å². The van der Waals surface area contributed by atoms with Crippen LogP contribution in [0.2, 0.25) is 0 Å². The van der Waals surface area contributed by atoms with E-state index in [2.05, 4.69) is 97.5 Å². The first kappa shape index (κ1) is 35.8. The van der Waals surface area contributed by atoms with E-state index in [1.165, 1.54) is 157 Å². The molecule has 0 amide bonds. The summed E-state index contributed by atoms with van der Waals surface area (Å²) < 4.78 is 2.95. The lowest BCUT2D eigenvalue weighted by Crippen LogP contribution is -2.04. The van der Waals surface area contributed by atoms with Crippen molar-refractivity contribution in [2.45, 2.75) is 143 Å². The highest BCUT2D eigenvalue weighted by molar-refractivity contribution is 7.22. The van der Waals surface area contributed by atoms with Crippen molar-refractivity contribution in [1.82, 2.24) is 0 Å². The minimum Gasteiger partial charge on any atom is -0.143 e. The Morgan fingerprint density at radius 1 is 0.457 bits per heavy atom. The number of rotatable bonds is 22. The lowest BCUT2D eigenvalue weighted by Gasteiger charge is -2.16. The van der Waals surface area contributed by atoms with E-state index in [-0.39, 0.29) is 0 Å². The van der Waals surface area contributed by atoms with E-state index in [4.69, 9.17) is 0 Å². The monoisotopic (exact) mass is 690 g/mol. The summed E-state index contributed by atoms with van der Waals surface area (Å²) in [7, 11) is 0. The minimum absolute atomic E-state index is 0.833. The van der Waals surface area contributed by atoms with Crippen LogP contribution in [-0.4, -0.2) is 0 Å². The third kappa shape index (κ3) is 9.36. The van der Waals surface area contributed by atoms with Crippen LogP contribution in [0, 0.1) is 11.8 Å². The van der Waals surface area contributed by atoms with Gasteiger partial charge in [0.1, 0.15) is 0 Å². The molecular weight excluding hydrogens is 633 g/mol. The molecule has 0 aliphatic heterocycles. The summed E-state index contributed by atoms with van der Waals surface area (Å²) in [4.78, 5) is 6.09. The Balaban J connectivity index is 1.39. The zero-order valence-electron chi connectivity index (χ0n) is 29.1. The van der Waals surface area contributed by atoms with E-state index in [1.807, 2.05) is 22.7 Å². The molecule has 0 fully saturated rings. The van der Waals surface area contributed by atoms with E-state index >= 15 is 0 Å².